The van der Waals surface area contributed by atoms with Crippen LogP contribution in [-0.4, -0.2) is 38.7 Å². The first-order valence-corrected chi connectivity index (χ1v) is 7.95. The number of hydrogen-bond acceptors (Lipinski definition) is 4. The average molecular weight is 357 g/mol. The molecule has 1 amide bonds. The summed E-state index contributed by atoms with van der Waals surface area (Å²) in [4.78, 5) is 16.9. The van der Waals surface area contributed by atoms with Gasteiger partial charge in [-0.3, -0.25) is 4.90 Å². The van der Waals surface area contributed by atoms with E-state index < -0.39 is 29.5 Å². The van der Waals surface area contributed by atoms with Crippen LogP contribution in [0.2, 0.25) is 5.15 Å². The number of hydrogen-bond donors (Lipinski definition) is 2. The van der Waals surface area contributed by atoms with Gasteiger partial charge in [0.15, 0.2) is 11.6 Å². The second-order valence-corrected chi connectivity index (χ2v) is 6.86. The number of rotatable bonds is 5. The van der Waals surface area contributed by atoms with Crippen molar-refractivity contribution in [1.29, 1.82) is 5.26 Å². The van der Waals surface area contributed by atoms with Crippen LogP contribution in [0.5, 0.6) is 0 Å². The van der Waals surface area contributed by atoms with E-state index in [2.05, 4.69) is 10.3 Å². The van der Waals surface area contributed by atoms with Gasteiger partial charge in [0.1, 0.15) is 11.2 Å². The molecule has 0 bridgehead atoms. The number of carbonyl (C=O) groups is 1. The maximum atomic E-state index is 14.1. The van der Waals surface area contributed by atoms with Gasteiger partial charge in [0, 0.05) is 11.6 Å². The maximum Gasteiger partial charge on any atom is 0.408 e. The van der Waals surface area contributed by atoms with Gasteiger partial charge in [-0.15, -0.1) is 0 Å². The lowest BCUT2D eigenvalue weighted by molar-refractivity contribution is 0.0636. The average Bonchev–Trinajstić information content (AvgIpc) is 2.45. The van der Waals surface area contributed by atoms with Crippen LogP contribution < -0.4 is 5.32 Å². The van der Waals surface area contributed by atoms with E-state index in [4.69, 9.17) is 16.9 Å². The lowest BCUT2D eigenvalue weighted by atomic mass is 9.97. The molecular weight excluding hydrogens is 335 g/mol. The first-order valence-electron chi connectivity index (χ1n) is 7.57. The van der Waals surface area contributed by atoms with Gasteiger partial charge in [0.05, 0.1) is 11.6 Å². The Labute approximate surface area is 146 Å². The van der Waals surface area contributed by atoms with Crippen LogP contribution in [0.1, 0.15) is 46.6 Å². The quantitative estimate of drug-likeness (QED) is 0.775. The number of nitrogens with one attached hydrogen (secondary N) is 1. The predicted molar refractivity (Wildman–Crippen MR) is 90.7 cm³/mol. The van der Waals surface area contributed by atoms with Crippen molar-refractivity contribution in [2.24, 2.45) is 0 Å². The monoisotopic (exact) mass is 356 g/mol. The third kappa shape index (κ3) is 4.48. The van der Waals surface area contributed by atoms with Crippen molar-refractivity contribution in [2.75, 3.05) is 5.32 Å². The molecule has 0 aliphatic carbocycles. The van der Waals surface area contributed by atoms with E-state index in [9.17, 15) is 14.3 Å². The Morgan fingerprint density at radius 3 is 2.58 bits per heavy atom. The molecule has 1 rings (SSSR count). The third-order valence-corrected chi connectivity index (χ3v) is 3.96. The maximum absolute atomic E-state index is 14.1. The molecular formula is C16H22ClFN4O2. The van der Waals surface area contributed by atoms with Gasteiger partial charge in [-0.05, 0) is 40.2 Å². The highest BCUT2D eigenvalue weighted by atomic mass is 35.5. The van der Waals surface area contributed by atoms with Gasteiger partial charge in [-0.25, -0.2) is 14.2 Å². The zero-order valence-electron chi connectivity index (χ0n) is 14.4. The molecule has 0 radical (unpaired) electrons. The zero-order chi connectivity index (χ0) is 18.7. The molecule has 24 heavy (non-hydrogen) atoms. The molecule has 0 aliphatic rings. The molecule has 2 atom stereocenters. The largest absolute Gasteiger partial charge is 0.465 e. The van der Waals surface area contributed by atoms with Crippen molar-refractivity contribution >= 4 is 23.5 Å². The van der Waals surface area contributed by atoms with E-state index in [1.54, 1.807) is 33.8 Å². The number of aromatic nitrogens is 1. The van der Waals surface area contributed by atoms with Crippen LogP contribution in [-0.2, 0) is 0 Å². The zero-order valence-corrected chi connectivity index (χ0v) is 15.1. The van der Waals surface area contributed by atoms with Crippen molar-refractivity contribution in [3.63, 3.8) is 0 Å². The van der Waals surface area contributed by atoms with Crippen LogP contribution in [0, 0.1) is 17.1 Å². The number of pyridine rings is 1. The molecule has 1 aromatic rings. The van der Waals surface area contributed by atoms with Crippen molar-refractivity contribution in [3.8, 4) is 6.07 Å². The van der Waals surface area contributed by atoms with E-state index >= 15 is 0 Å². The molecule has 0 saturated heterocycles. The fourth-order valence-electron chi connectivity index (χ4n) is 2.64. The molecule has 0 aromatic carbocycles. The summed E-state index contributed by atoms with van der Waals surface area (Å²) in [7, 11) is 0. The standard InChI is InChI=1S/C16H22ClFN4O2/c1-6-12(22(15(23)24)16(3,4)5)9(2)20-14-11(18)7-10(8-19)13(17)21-14/h7,9,12H,6H2,1-5H3,(H,20,21)(H,23,24)/t9-,12+/m1/s1. The van der Waals surface area contributed by atoms with E-state index in [-0.39, 0.29) is 16.5 Å². The lowest BCUT2D eigenvalue weighted by Gasteiger charge is -2.42. The summed E-state index contributed by atoms with van der Waals surface area (Å²) >= 11 is 5.84. The Kier molecular flexibility index (Phi) is 6.38. The molecule has 132 valence electrons. The number of halogens is 2. The Morgan fingerprint density at radius 1 is 1.58 bits per heavy atom. The second-order valence-electron chi connectivity index (χ2n) is 6.50. The van der Waals surface area contributed by atoms with Gasteiger partial charge in [-0.2, -0.15) is 5.26 Å². The predicted octanol–water partition coefficient (Wildman–Crippen LogP) is 4.10. The number of carboxylic acid groups (broad SMARTS) is 1. The van der Waals surface area contributed by atoms with Crippen LogP contribution in [0.4, 0.5) is 15.0 Å². The summed E-state index contributed by atoms with van der Waals surface area (Å²) in [5, 5.41) is 21.1. The van der Waals surface area contributed by atoms with E-state index in [1.165, 1.54) is 4.90 Å². The van der Waals surface area contributed by atoms with Gasteiger partial charge < -0.3 is 10.4 Å². The van der Waals surface area contributed by atoms with Gasteiger partial charge in [-0.1, -0.05) is 18.5 Å². The molecule has 0 aliphatic heterocycles. The number of anilines is 1. The fourth-order valence-corrected chi connectivity index (χ4v) is 2.83. The Bertz CT molecular complexity index is 655. The minimum Gasteiger partial charge on any atom is -0.465 e. The minimum absolute atomic E-state index is 0.0544. The molecule has 1 heterocycles. The minimum atomic E-state index is -1.05. The molecule has 8 heteroatoms. The first-order chi connectivity index (χ1) is 11.0. The lowest BCUT2D eigenvalue weighted by Crippen LogP contribution is -2.56. The molecule has 0 saturated carbocycles. The summed E-state index contributed by atoms with van der Waals surface area (Å²) in [5.74, 6) is -0.820. The van der Waals surface area contributed by atoms with Crippen LogP contribution >= 0.6 is 11.6 Å². The number of amides is 1. The first kappa shape index (κ1) is 20.0. The Hall–Kier alpha value is -2.07. The molecule has 0 fully saturated rings. The molecule has 1 aromatic heterocycles. The number of nitrogens with zero attached hydrogens (tertiary/aromatic N) is 3. The van der Waals surface area contributed by atoms with Crippen LogP contribution in [0.25, 0.3) is 0 Å². The van der Waals surface area contributed by atoms with E-state index in [0.29, 0.717) is 6.42 Å². The highest BCUT2D eigenvalue weighted by Gasteiger charge is 2.35. The summed E-state index contributed by atoms with van der Waals surface area (Å²) in [6.07, 6.45) is -0.516. The van der Waals surface area contributed by atoms with Gasteiger partial charge in [0.25, 0.3) is 0 Å². The van der Waals surface area contributed by atoms with Gasteiger partial charge in [0.2, 0.25) is 0 Å². The summed E-state index contributed by atoms with van der Waals surface area (Å²) < 4.78 is 14.1. The Balaban J connectivity index is 3.12. The third-order valence-electron chi connectivity index (χ3n) is 3.67. The molecule has 0 spiro atoms. The normalized spacial score (nSPS) is 13.8. The van der Waals surface area contributed by atoms with Crippen molar-refractivity contribution in [1.82, 2.24) is 9.88 Å². The van der Waals surface area contributed by atoms with Crippen molar-refractivity contribution in [2.45, 2.75) is 58.7 Å². The highest BCUT2D eigenvalue weighted by Crippen LogP contribution is 2.25. The van der Waals surface area contributed by atoms with E-state index in [1.807, 2.05) is 6.92 Å². The van der Waals surface area contributed by atoms with Crippen LogP contribution in [0.15, 0.2) is 6.07 Å². The van der Waals surface area contributed by atoms with Gasteiger partial charge >= 0.3 is 6.09 Å². The van der Waals surface area contributed by atoms with Crippen molar-refractivity contribution in [3.05, 3.63) is 22.6 Å². The fraction of sp³-hybridized carbons (Fsp3) is 0.562. The van der Waals surface area contributed by atoms with Crippen molar-refractivity contribution < 1.29 is 14.3 Å². The molecule has 2 N–H and O–H groups in total. The Morgan fingerprint density at radius 2 is 2.17 bits per heavy atom. The second kappa shape index (κ2) is 7.67. The highest BCUT2D eigenvalue weighted by molar-refractivity contribution is 6.30. The summed E-state index contributed by atoms with van der Waals surface area (Å²) in [5.41, 5.74) is -0.669. The molecule has 6 nitrogen and oxygen atoms in total. The smallest absolute Gasteiger partial charge is 0.408 e. The topological polar surface area (TPSA) is 89.3 Å². The summed E-state index contributed by atoms with van der Waals surface area (Å²) in [6, 6.07) is 1.93. The molecule has 0 unspecified atom stereocenters. The van der Waals surface area contributed by atoms with Crippen LogP contribution in [0.3, 0.4) is 0 Å². The summed E-state index contributed by atoms with van der Waals surface area (Å²) in [6.45, 7) is 9.01. The number of nitriles is 1. The SMILES string of the molecule is CC[C@@H]([C@@H](C)Nc1nc(Cl)c(C#N)cc1F)N(C(=O)O)C(C)(C)C. The van der Waals surface area contributed by atoms with E-state index in [0.717, 1.165) is 6.07 Å².